The second kappa shape index (κ2) is 12.1. The number of hydrogen-bond acceptors (Lipinski definition) is 7. The van der Waals surface area contributed by atoms with Crippen LogP contribution in [0.1, 0.15) is 71.5 Å². The van der Waals surface area contributed by atoms with Crippen LogP contribution in [0.4, 0.5) is 35.1 Å². The minimum absolute atomic E-state index is 0.154. The number of rotatable bonds is 7. The lowest BCUT2D eigenvalue weighted by Gasteiger charge is -2.39. The van der Waals surface area contributed by atoms with Gasteiger partial charge in [-0.15, -0.1) is 0 Å². The molecule has 2 aromatic carbocycles. The number of carbonyl (C=O) groups excluding carboxylic acids is 2. The Labute approximate surface area is 262 Å². The van der Waals surface area contributed by atoms with Gasteiger partial charge in [0, 0.05) is 18.6 Å². The summed E-state index contributed by atoms with van der Waals surface area (Å²) in [4.78, 5) is 30.1. The summed E-state index contributed by atoms with van der Waals surface area (Å²) in [6.07, 6.45) is -7.57. The predicted molar refractivity (Wildman–Crippen MR) is 144 cm³/mol. The van der Waals surface area contributed by atoms with Crippen molar-refractivity contribution in [2.24, 2.45) is 0 Å². The third kappa shape index (κ3) is 7.20. The number of fused-ring (bicyclic) bond motifs is 2. The normalized spacial score (nSPS) is 22.1. The van der Waals surface area contributed by atoms with Crippen LogP contribution in [0.15, 0.2) is 24.3 Å². The van der Waals surface area contributed by atoms with Crippen molar-refractivity contribution in [1.29, 1.82) is 0 Å². The monoisotopic (exact) mass is 704 g/mol. The van der Waals surface area contributed by atoms with Crippen molar-refractivity contribution < 1.29 is 62.7 Å². The van der Waals surface area contributed by atoms with Crippen molar-refractivity contribution in [3.63, 3.8) is 0 Å². The van der Waals surface area contributed by atoms with Gasteiger partial charge in [-0.25, -0.2) is 22.0 Å². The Balaban J connectivity index is 1.36. The fourth-order valence-electron chi connectivity index (χ4n) is 5.96. The van der Waals surface area contributed by atoms with E-state index in [1.165, 1.54) is 0 Å². The molecule has 0 N–H and O–H groups in total. The van der Waals surface area contributed by atoms with Crippen LogP contribution in [0.5, 0.6) is 5.75 Å². The molecule has 0 spiro atoms. The average Bonchev–Trinajstić information content (AvgIpc) is 3.74. The smallest absolute Gasteiger partial charge is 0.487 e. The van der Waals surface area contributed by atoms with E-state index >= 15 is 4.39 Å². The van der Waals surface area contributed by atoms with E-state index in [0.29, 0.717) is 68.0 Å². The Kier molecular flexibility index (Phi) is 9.00. The van der Waals surface area contributed by atoms with E-state index in [1.54, 1.807) is 0 Å². The molecule has 0 aromatic heterocycles. The number of sulfonamides is 1. The lowest BCUT2D eigenvalue weighted by Crippen LogP contribution is -2.46. The number of ether oxygens (including phenoxy) is 1. The molecule has 1 saturated carbocycles. The van der Waals surface area contributed by atoms with E-state index < -0.39 is 78.4 Å². The molecule has 2 bridgehead atoms. The SMILES string of the molecule is CS(=O)(=O)N(OC(=O)C(F)(F)F)C(=O)c1cc(C2CC2)c(CN2C3CCC2CC(Oc2cc(C(F)(F)F)cc(Cl)c2F)C3)cc1F. The molecule has 2 heterocycles. The van der Waals surface area contributed by atoms with Gasteiger partial charge in [0.05, 0.1) is 22.4 Å². The van der Waals surface area contributed by atoms with Crippen molar-refractivity contribution in [2.45, 2.75) is 81.5 Å². The molecule has 1 amide bonds. The van der Waals surface area contributed by atoms with Crippen LogP contribution in [0.25, 0.3) is 0 Å². The second-order valence-corrected chi connectivity index (χ2v) is 13.7. The molecule has 2 saturated heterocycles. The van der Waals surface area contributed by atoms with E-state index in [1.807, 2.05) is 4.90 Å². The van der Waals surface area contributed by atoms with Gasteiger partial charge in [-0.05, 0) is 79.8 Å². The molecular formula is C28H25ClF8N2O6S. The third-order valence-corrected chi connectivity index (χ3v) is 9.27. The van der Waals surface area contributed by atoms with Gasteiger partial charge >= 0.3 is 24.2 Å². The lowest BCUT2D eigenvalue weighted by molar-refractivity contribution is -0.216. The number of alkyl halides is 6. The predicted octanol–water partition coefficient (Wildman–Crippen LogP) is 6.51. The Morgan fingerprint density at radius 3 is 2.11 bits per heavy atom. The van der Waals surface area contributed by atoms with Gasteiger partial charge in [0.1, 0.15) is 11.9 Å². The standard InChI is InChI=1S/C28H25ClF8N2O6S/c1-46(42,43)39(45-26(41)28(35,36)37)25(40)20-11-19(13-2-3-13)14(6-22(20)30)12-38-16-4-5-17(38)10-18(9-16)44-23-8-15(27(32,33)34)7-21(29)24(23)31/h6-8,11,13,16-18H,2-5,9-10,12H2,1H3. The van der Waals surface area contributed by atoms with Crippen molar-refractivity contribution in [3.8, 4) is 5.75 Å². The zero-order chi connectivity index (χ0) is 33.9. The average molecular weight is 705 g/mol. The van der Waals surface area contributed by atoms with Crippen LogP contribution >= 0.6 is 11.6 Å². The maximum absolute atomic E-state index is 15.4. The largest absolute Gasteiger partial charge is 0.493 e. The van der Waals surface area contributed by atoms with Crippen molar-refractivity contribution in [3.05, 3.63) is 63.2 Å². The number of piperidine rings is 1. The molecule has 46 heavy (non-hydrogen) atoms. The highest BCUT2D eigenvalue weighted by molar-refractivity contribution is 7.88. The van der Waals surface area contributed by atoms with Crippen LogP contribution < -0.4 is 4.74 Å². The van der Waals surface area contributed by atoms with Crippen LogP contribution in [0.2, 0.25) is 5.02 Å². The summed E-state index contributed by atoms with van der Waals surface area (Å²) in [5.74, 6) is -7.98. The topological polar surface area (TPSA) is 93.2 Å². The molecule has 2 aromatic rings. The quantitative estimate of drug-likeness (QED) is 0.240. The first-order valence-corrected chi connectivity index (χ1v) is 16.1. The van der Waals surface area contributed by atoms with Gasteiger partial charge in [0.2, 0.25) is 0 Å². The molecule has 5 rings (SSSR count). The number of carbonyl (C=O) groups is 2. The highest BCUT2D eigenvalue weighted by Gasteiger charge is 2.46. The molecule has 18 heteroatoms. The summed E-state index contributed by atoms with van der Waals surface area (Å²) >= 11 is 5.68. The molecule has 0 radical (unpaired) electrons. The molecule has 2 aliphatic heterocycles. The molecule has 1 aliphatic carbocycles. The summed E-state index contributed by atoms with van der Waals surface area (Å²) < 4.78 is 137. The number of nitrogens with zero attached hydrogens (tertiary/aromatic N) is 2. The van der Waals surface area contributed by atoms with E-state index in [-0.39, 0.29) is 24.5 Å². The molecule has 3 aliphatic rings. The Bertz CT molecular complexity index is 1650. The Morgan fingerprint density at radius 2 is 1.59 bits per heavy atom. The summed E-state index contributed by atoms with van der Waals surface area (Å²) in [5.41, 5.74) is -1.19. The number of hydroxylamine groups is 1. The highest BCUT2D eigenvalue weighted by Crippen LogP contribution is 2.45. The van der Waals surface area contributed by atoms with E-state index in [4.69, 9.17) is 16.3 Å². The fourth-order valence-corrected chi connectivity index (χ4v) is 6.77. The van der Waals surface area contributed by atoms with Crippen molar-refractivity contribution >= 4 is 33.5 Å². The van der Waals surface area contributed by atoms with Crippen molar-refractivity contribution in [2.75, 3.05) is 6.26 Å². The minimum atomic E-state index is -5.64. The van der Waals surface area contributed by atoms with Gasteiger partial charge in [-0.2, -0.15) is 26.3 Å². The number of halogens is 9. The second-order valence-electron chi connectivity index (χ2n) is 11.5. The fraction of sp³-hybridized carbons (Fsp3) is 0.500. The highest BCUT2D eigenvalue weighted by atomic mass is 35.5. The molecule has 3 fully saturated rings. The van der Waals surface area contributed by atoms with E-state index in [0.717, 1.165) is 12.1 Å². The number of hydrogen-bond donors (Lipinski definition) is 0. The van der Waals surface area contributed by atoms with Crippen LogP contribution in [0.3, 0.4) is 0 Å². The van der Waals surface area contributed by atoms with Gasteiger partial charge in [0.15, 0.2) is 11.6 Å². The van der Waals surface area contributed by atoms with Crippen molar-refractivity contribution in [1.82, 2.24) is 9.37 Å². The number of benzene rings is 2. The summed E-state index contributed by atoms with van der Waals surface area (Å²) in [6.45, 7) is 0.155. The van der Waals surface area contributed by atoms with Gasteiger partial charge in [-0.1, -0.05) is 16.1 Å². The molecular weight excluding hydrogens is 680 g/mol. The van der Waals surface area contributed by atoms with Gasteiger partial charge in [-0.3, -0.25) is 9.69 Å². The summed E-state index contributed by atoms with van der Waals surface area (Å²) in [6, 6.07) is 2.67. The zero-order valence-electron chi connectivity index (χ0n) is 23.7. The van der Waals surface area contributed by atoms with E-state index in [9.17, 15) is 48.7 Å². The molecule has 252 valence electrons. The lowest BCUT2D eigenvalue weighted by atomic mass is 9.95. The van der Waals surface area contributed by atoms with Crippen LogP contribution in [0, 0.1) is 11.6 Å². The minimum Gasteiger partial charge on any atom is -0.487 e. The van der Waals surface area contributed by atoms with Crippen LogP contribution in [-0.4, -0.2) is 60.3 Å². The van der Waals surface area contributed by atoms with Gasteiger partial charge < -0.3 is 9.57 Å². The molecule has 2 unspecified atom stereocenters. The zero-order valence-corrected chi connectivity index (χ0v) is 25.3. The Morgan fingerprint density at radius 1 is 0.978 bits per heavy atom. The van der Waals surface area contributed by atoms with E-state index in [2.05, 4.69) is 4.84 Å². The van der Waals surface area contributed by atoms with Gasteiger partial charge in [0.25, 0.3) is 10.0 Å². The first-order chi connectivity index (χ1) is 21.2. The first kappa shape index (κ1) is 34.2. The third-order valence-electron chi connectivity index (χ3n) is 8.15. The maximum atomic E-state index is 15.4. The van der Waals surface area contributed by atoms with Crippen LogP contribution in [-0.2, 0) is 32.4 Å². The maximum Gasteiger partial charge on any atom is 0.493 e. The number of amides is 1. The molecule has 8 nitrogen and oxygen atoms in total. The Hall–Kier alpha value is -3.18. The first-order valence-electron chi connectivity index (χ1n) is 13.9. The molecule has 2 atom stereocenters. The summed E-state index contributed by atoms with van der Waals surface area (Å²) in [7, 11) is -4.92. The summed E-state index contributed by atoms with van der Waals surface area (Å²) in [5, 5.41) is -0.736.